The van der Waals surface area contributed by atoms with Crippen LogP contribution in [0.25, 0.3) is 0 Å². The number of hydrogen-bond donors (Lipinski definition) is 1. The van der Waals surface area contributed by atoms with Crippen LogP contribution >= 0.6 is 39.0 Å². The van der Waals surface area contributed by atoms with Crippen molar-refractivity contribution in [3.63, 3.8) is 0 Å². The molecule has 0 unspecified atom stereocenters. The van der Waals surface area contributed by atoms with Gasteiger partial charge in [0, 0.05) is 0 Å². The number of ether oxygens (including phenoxy) is 1. The van der Waals surface area contributed by atoms with Gasteiger partial charge >= 0.3 is 0 Å². The summed E-state index contributed by atoms with van der Waals surface area (Å²) in [6, 6.07) is 2.15. The molecule has 0 amide bonds. The second-order valence-electron chi connectivity index (χ2n) is 3.37. The van der Waals surface area contributed by atoms with Crippen molar-refractivity contribution in [2.45, 2.75) is 13.5 Å². The molecule has 0 radical (unpaired) electrons. The maximum atomic E-state index is 9.02. The van der Waals surface area contributed by atoms with E-state index >= 15 is 0 Å². The van der Waals surface area contributed by atoms with Gasteiger partial charge < -0.3 is 10.1 Å². The molecule has 0 saturated heterocycles. The first kappa shape index (κ1) is 13.3. The average Bonchev–Trinajstić information content (AvgIpc) is 2.90. The van der Waals surface area contributed by atoms with Gasteiger partial charge in [0.1, 0.15) is 16.6 Å². The molecule has 2 aromatic heterocycles. The third-order valence-electron chi connectivity index (χ3n) is 2.25. The van der Waals surface area contributed by atoms with Crippen molar-refractivity contribution in [1.29, 1.82) is 5.26 Å². The van der Waals surface area contributed by atoms with Crippen molar-refractivity contribution in [3.8, 4) is 11.9 Å². The lowest BCUT2D eigenvalue weighted by Crippen LogP contribution is -1.98. The quantitative estimate of drug-likeness (QED) is 0.922. The highest BCUT2D eigenvalue weighted by atomic mass is 79.9. The van der Waals surface area contributed by atoms with E-state index in [2.05, 4.69) is 36.1 Å². The summed E-state index contributed by atoms with van der Waals surface area (Å²) in [4.78, 5) is 1.02. The summed E-state index contributed by atoms with van der Waals surface area (Å²) in [7, 11) is 1.58. The summed E-state index contributed by atoms with van der Waals surface area (Å²) in [5.74, 6) is 0.581. The molecular formula is C10H9BrN4OS2. The third kappa shape index (κ3) is 2.48. The van der Waals surface area contributed by atoms with Gasteiger partial charge in [-0.25, -0.2) is 0 Å². The number of aryl methyl sites for hydroxylation is 1. The third-order valence-corrected chi connectivity index (χ3v) is 5.05. The van der Waals surface area contributed by atoms with Crippen LogP contribution in [0.4, 0.5) is 5.00 Å². The van der Waals surface area contributed by atoms with Gasteiger partial charge in [-0.15, -0.1) is 0 Å². The first-order chi connectivity index (χ1) is 8.67. The van der Waals surface area contributed by atoms with Crippen molar-refractivity contribution in [1.82, 2.24) is 8.75 Å². The molecule has 0 aromatic carbocycles. The van der Waals surface area contributed by atoms with Crippen molar-refractivity contribution < 1.29 is 4.74 Å². The number of nitriles is 1. The van der Waals surface area contributed by atoms with Gasteiger partial charge in [-0.1, -0.05) is 0 Å². The first-order valence-corrected chi connectivity index (χ1v) is 7.29. The average molecular weight is 345 g/mol. The molecule has 0 fully saturated rings. The van der Waals surface area contributed by atoms with Crippen LogP contribution in [0.2, 0.25) is 0 Å². The van der Waals surface area contributed by atoms with Gasteiger partial charge in [-0.2, -0.15) is 14.0 Å². The van der Waals surface area contributed by atoms with E-state index in [1.807, 2.05) is 6.92 Å². The maximum absolute atomic E-state index is 9.02. The molecule has 0 aliphatic carbocycles. The molecule has 0 bridgehead atoms. The Morgan fingerprint density at radius 2 is 2.22 bits per heavy atom. The number of nitrogens with zero attached hydrogens (tertiary/aromatic N) is 3. The van der Waals surface area contributed by atoms with Crippen molar-refractivity contribution in [2.75, 3.05) is 12.4 Å². The zero-order chi connectivity index (χ0) is 13.1. The van der Waals surface area contributed by atoms with Crippen LogP contribution < -0.4 is 10.1 Å². The fourth-order valence-electron chi connectivity index (χ4n) is 1.32. The first-order valence-electron chi connectivity index (χ1n) is 4.95. The highest BCUT2D eigenvalue weighted by Gasteiger charge is 2.14. The molecule has 2 rings (SSSR count). The lowest BCUT2D eigenvalue weighted by molar-refractivity contribution is 0.400. The molecule has 0 atom stereocenters. The van der Waals surface area contributed by atoms with Gasteiger partial charge in [-0.05, 0) is 45.9 Å². The standard InChI is InChI=1S/C10H9BrN4OS2/c1-5-6(3-12)10(18-14-5)13-4-7-8(11)9(16-2)15-17-7/h13H,4H2,1-2H3. The predicted molar refractivity (Wildman–Crippen MR) is 75.3 cm³/mol. The fraction of sp³-hybridized carbons (Fsp3) is 0.300. The van der Waals surface area contributed by atoms with Crippen LogP contribution in [-0.2, 0) is 6.54 Å². The number of halogens is 1. The van der Waals surface area contributed by atoms with Gasteiger partial charge in [0.05, 0.1) is 28.7 Å². The molecule has 8 heteroatoms. The Hall–Kier alpha value is -1.17. The van der Waals surface area contributed by atoms with Crippen LogP contribution in [0.1, 0.15) is 16.1 Å². The van der Waals surface area contributed by atoms with Crippen molar-refractivity contribution in [2.24, 2.45) is 0 Å². The molecule has 18 heavy (non-hydrogen) atoms. The Morgan fingerprint density at radius 3 is 2.83 bits per heavy atom. The summed E-state index contributed by atoms with van der Waals surface area (Å²) < 4.78 is 14.2. The number of aromatic nitrogens is 2. The number of rotatable bonds is 4. The largest absolute Gasteiger partial charge is 0.480 e. The predicted octanol–water partition coefficient (Wildman–Crippen LogP) is 3.16. The normalized spacial score (nSPS) is 10.1. The zero-order valence-electron chi connectivity index (χ0n) is 9.65. The fourth-order valence-corrected chi connectivity index (χ4v) is 3.44. The Balaban J connectivity index is 2.12. The number of nitrogens with one attached hydrogen (secondary N) is 1. The SMILES string of the molecule is COc1nsc(CNc2snc(C)c2C#N)c1Br. The van der Waals surface area contributed by atoms with Gasteiger partial charge in [-0.3, -0.25) is 0 Å². The number of hydrogen-bond acceptors (Lipinski definition) is 7. The van der Waals surface area contributed by atoms with E-state index < -0.39 is 0 Å². The van der Waals surface area contributed by atoms with E-state index in [-0.39, 0.29) is 0 Å². The highest BCUT2D eigenvalue weighted by molar-refractivity contribution is 9.10. The Bertz CT molecular complexity index is 602. The smallest absolute Gasteiger partial charge is 0.239 e. The molecule has 2 aromatic rings. The van der Waals surface area contributed by atoms with Crippen LogP contribution in [0.3, 0.4) is 0 Å². The molecular weight excluding hydrogens is 336 g/mol. The summed E-state index contributed by atoms with van der Waals surface area (Å²) in [6.07, 6.45) is 0. The highest BCUT2D eigenvalue weighted by Crippen LogP contribution is 2.32. The summed E-state index contributed by atoms with van der Waals surface area (Å²) in [5.41, 5.74) is 1.36. The molecule has 5 nitrogen and oxygen atoms in total. The second-order valence-corrected chi connectivity index (χ2v) is 5.79. The van der Waals surface area contributed by atoms with Gasteiger partial charge in [0.15, 0.2) is 0 Å². The Kier molecular flexibility index (Phi) is 4.16. The topological polar surface area (TPSA) is 70.8 Å². The molecule has 2 heterocycles. The van der Waals surface area contributed by atoms with Gasteiger partial charge in [0.2, 0.25) is 5.88 Å². The number of anilines is 1. The molecule has 0 spiro atoms. The van der Waals surface area contributed by atoms with E-state index in [4.69, 9.17) is 10.00 Å². The van der Waals surface area contributed by atoms with E-state index in [1.54, 1.807) is 7.11 Å². The molecule has 0 aliphatic heterocycles. The minimum atomic E-state index is 0.581. The van der Waals surface area contributed by atoms with Crippen LogP contribution in [0, 0.1) is 18.3 Å². The Morgan fingerprint density at radius 1 is 1.44 bits per heavy atom. The summed E-state index contributed by atoms with van der Waals surface area (Å²) >= 11 is 6.08. The van der Waals surface area contributed by atoms with Crippen molar-refractivity contribution >= 4 is 44.0 Å². The number of methoxy groups -OCH3 is 1. The van der Waals surface area contributed by atoms with E-state index in [0.717, 1.165) is 20.0 Å². The zero-order valence-corrected chi connectivity index (χ0v) is 12.9. The van der Waals surface area contributed by atoms with Crippen LogP contribution in [0.15, 0.2) is 4.47 Å². The summed E-state index contributed by atoms with van der Waals surface area (Å²) in [5, 5.41) is 13.0. The molecule has 94 valence electrons. The van der Waals surface area contributed by atoms with Gasteiger partial charge in [0.25, 0.3) is 0 Å². The van der Waals surface area contributed by atoms with E-state index in [1.165, 1.54) is 23.1 Å². The monoisotopic (exact) mass is 344 g/mol. The molecule has 1 N–H and O–H groups in total. The van der Waals surface area contributed by atoms with E-state index in [0.29, 0.717) is 18.0 Å². The maximum Gasteiger partial charge on any atom is 0.239 e. The lowest BCUT2D eigenvalue weighted by Gasteiger charge is -2.01. The van der Waals surface area contributed by atoms with Crippen LogP contribution in [-0.4, -0.2) is 15.9 Å². The minimum Gasteiger partial charge on any atom is -0.480 e. The Labute approximate surface area is 121 Å². The van der Waals surface area contributed by atoms with Crippen molar-refractivity contribution in [3.05, 3.63) is 20.6 Å². The second kappa shape index (κ2) is 5.65. The van der Waals surface area contributed by atoms with E-state index in [9.17, 15) is 0 Å². The summed E-state index contributed by atoms with van der Waals surface area (Å²) in [6.45, 7) is 2.41. The lowest BCUT2D eigenvalue weighted by atomic mass is 10.3. The molecule has 0 saturated carbocycles. The van der Waals surface area contributed by atoms with Crippen LogP contribution in [0.5, 0.6) is 5.88 Å². The molecule has 0 aliphatic rings. The minimum absolute atomic E-state index is 0.581.